The van der Waals surface area contributed by atoms with Gasteiger partial charge in [0.1, 0.15) is 10.6 Å². The summed E-state index contributed by atoms with van der Waals surface area (Å²) in [4.78, 5) is 3.26. The monoisotopic (exact) mass is 392 g/mol. The van der Waals surface area contributed by atoms with Gasteiger partial charge in [-0.1, -0.05) is 43.6 Å². The lowest BCUT2D eigenvalue weighted by atomic mass is 9.85. The highest BCUT2D eigenvalue weighted by atomic mass is 35.5. The van der Waals surface area contributed by atoms with Crippen molar-refractivity contribution in [3.8, 4) is 5.75 Å². The van der Waals surface area contributed by atoms with Gasteiger partial charge < -0.3 is 9.72 Å². The fraction of sp³-hybridized carbons (Fsp3) is 0.263. The maximum Gasteiger partial charge on any atom is 0.244 e. The quantitative estimate of drug-likeness (QED) is 0.663. The number of hydrogen-bond acceptors (Lipinski definition) is 3. The van der Waals surface area contributed by atoms with Crippen LogP contribution in [0.1, 0.15) is 19.4 Å². The first-order valence-corrected chi connectivity index (χ1v) is 10.0. The van der Waals surface area contributed by atoms with Gasteiger partial charge in [-0.05, 0) is 29.8 Å². The third-order valence-corrected chi connectivity index (χ3v) is 6.10. The van der Waals surface area contributed by atoms with Crippen LogP contribution in [0.25, 0.3) is 10.9 Å². The van der Waals surface area contributed by atoms with E-state index in [0.29, 0.717) is 5.02 Å². The standard InChI is InChI=1S/C19H21ClN2O3S/c1-19(2,15-11-21-16-7-5-4-6-14(15)16)12-22-26(23,24)18-10-13(20)8-9-17(18)25-3/h4-11,21-22H,12H2,1-3H3. The van der Waals surface area contributed by atoms with Crippen molar-refractivity contribution in [2.45, 2.75) is 24.2 Å². The number of hydrogen-bond donors (Lipinski definition) is 2. The number of aromatic nitrogens is 1. The summed E-state index contributed by atoms with van der Waals surface area (Å²) in [7, 11) is -2.34. The fourth-order valence-corrected chi connectivity index (χ4v) is 4.58. The van der Waals surface area contributed by atoms with Gasteiger partial charge in [0, 0.05) is 34.1 Å². The summed E-state index contributed by atoms with van der Waals surface area (Å²) in [5.41, 5.74) is 1.65. The van der Waals surface area contributed by atoms with Gasteiger partial charge in [0.2, 0.25) is 10.0 Å². The molecule has 7 heteroatoms. The number of nitrogens with one attached hydrogen (secondary N) is 2. The van der Waals surface area contributed by atoms with Crippen molar-refractivity contribution in [1.82, 2.24) is 9.71 Å². The van der Waals surface area contributed by atoms with Crippen molar-refractivity contribution in [3.05, 3.63) is 59.2 Å². The number of benzene rings is 2. The summed E-state index contributed by atoms with van der Waals surface area (Å²) >= 11 is 5.96. The van der Waals surface area contributed by atoms with Gasteiger partial charge in [-0.25, -0.2) is 13.1 Å². The van der Waals surface area contributed by atoms with Crippen molar-refractivity contribution in [2.24, 2.45) is 0 Å². The van der Waals surface area contributed by atoms with E-state index in [4.69, 9.17) is 16.3 Å². The lowest BCUT2D eigenvalue weighted by molar-refractivity contribution is 0.402. The van der Waals surface area contributed by atoms with Gasteiger partial charge in [0.25, 0.3) is 0 Å². The molecule has 0 aliphatic rings. The fourth-order valence-electron chi connectivity index (χ4n) is 2.94. The molecule has 26 heavy (non-hydrogen) atoms. The Hall–Kier alpha value is -2.02. The van der Waals surface area contributed by atoms with E-state index in [1.54, 1.807) is 12.1 Å². The van der Waals surface area contributed by atoms with E-state index >= 15 is 0 Å². The topological polar surface area (TPSA) is 71.2 Å². The number of sulfonamides is 1. The molecule has 0 unspecified atom stereocenters. The maximum absolute atomic E-state index is 12.8. The molecule has 0 radical (unpaired) electrons. The van der Waals surface area contributed by atoms with Crippen molar-refractivity contribution < 1.29 is 13.2 Å². The van der Waals surface area contributed by atoms with Crippen LogP contribution in [-0.4, -0.2) is 27.1 Å². The number of halogens is 1. The SMILES string of the molecule is COc1ccc(Cl)cc1S(=O)(=O)NCC(C)(C)c1c[nH]c2ccccc12. The van der Waals surface area contributed by atoms with E-state index in [1.165, 1.54) is 13.2 Å². The predicted octanol–water partition coefficient (Wildman–Crippen LogP) is 4.09. The molecule has 0 aliphatic heterocycles. The molecule has 2 aromatic carbocycles. The van der Waals surface area contributed by atoms with Crippen LogP contribution in [0.2, 0.25) is 5.02 Å². The number of methoxy groups -OCH3 is 1. The van der Waals surface area contributed by atoms with Crippen molar-refractivity contribution in [1.29, 1.82) is 0 Å². The first kappa shape index (κ1) is 18.8. The second kappa shape index (κ2) is 6.95. The molecule has 1 aromatic heterocycles. The Labute approximate surface area is 158 Å². The first-order chi connectivity index (χ1) is 12.2. The Bertz CT molecular complexity index is 1040. The molecule has 3 rings (SSSR count). The first-order valence-electron chi connectivity index (χ1n) is 8.14. The van der Waals surface area contributed by atoms with E-state index in [2.05, 4.69) is 9.71 Å². The smallest absolute Gasteiger partial charge is 0.244 e. The summed E-state index contributed by atoms with van der Waals surface area (Å²) in [6.07, 6.45) is 1.93. The largest absolute Gasteiger partial charge is 0.495 e. The van der Waals surface area contributed by atoms with Crippen LogP contribution < -0.4 is 9.46 Å². The Balaban J connectivity index is 1.88. The molecule has 0 amide bonds. The second-order valence-electron chi connectivity index (χ2n) is 6.75. The van der Waals surface area contributed by atoms with Crippen LogP contribution in [-0.2, 0) is 15.4 Å². The molecular formula is C19H21ClN2O3S. The summed E-state index contributed by atoms with van der Waals surface area (Å²) in [5.74, 6) is 0.256. The van der Waals surface area contributed by atoms with Crippen LogP contribution in [0.4, 0.5) is 0 Å². The second-order valence-corrected chi connectivity index (χ2v) is 8.92. The molecule has 3 aromatic rings. The molecule has 0 aliphatic carbocycles. The summed E-state index contributed by atoms with van der Waals surface area (Å²) in [5, 5.41) is 1.42. The zero-order chi connectivity index (χ0) is 18.9. The third-order valence-electron chi connectivity index (χ3n) is 4.44. The van der Waals surface area contributed by atoms with E-state index in [1.807, 2.05) is 44.3 Å². The van der Waals surface area contributed by atoms with Gasteiger partial charge in [-0.15, -0.1) is 0 Å². The van der Waals surface area contributed by atoms with E-state index < -0.39 is 15.4 Å². The molecular weight excluding hydrogens is 372 g/mol. The number of rotatable bonds is 6. The lowest BCUT2D eigenvalue weighted by Gasteiger charge is -2.25. The van der Waals surface area contributed by atoms with Gasteiger partial charge in [0.05, 0.1) is 7.11 Å². The molecule has 138 valence electrons. The molecule has 1 heterocycles. The van der Waals surface area contributed by atoms with Gasteiger partial charge in [-0.3, -0.25) is 0 Å². The minimum atomic E-state index is -3.77. The van der Waals surface area contributed by atoms with Gasteiger partial charge in [0.15, 0.2) is 0 Å². The van der Waals surface area contributed by atoms with Crippen LogP contribution in [0.15, 0.2) is 53.6 Å². The molecule has 0 fully saturated rings. The Morgan fingerprint density at radius 1 is 1.19 bits per heavy atom. The van der Waals surface area contributed by atoms with E-state index in [0.717, 1.165) is 16.5 Å². The summed E-state index contributed by atoms with van der Waals surface area (Å²) < 4.78 is 33.4. The van der Waals surface area contributed by atoms with Crippen LogP contribution in [0.5, 0.6) is 5.75 Å². The average molecular weight is 393 g/mol. The third kappa shape index (κ3) is 3.58. The molecule has 0 atom stereocenters. The van der Waals surface area contributed by atoms with Crippen LogP contribution >= 0.6 is 11.6 Å². The highest BCUT2D eigenvalue weighted by Gasteiger charge is 2.28. The molecule has 5 nitrogen and oxygen atoms in total. The minimum absolute atomic E-state index is 0.0298. The Morgan fingerprint density at radius 2 is 1.92 bits per heavy atom. The molecule has 0 spiro atoms. The van der Waals surface area contributed by atoms with Crippen molar-refractivity contribution >= 4 is 32.5 Å². The van der Waals surface area contributed by atoms with Crippen LogP contribution in [0.3, 0.4) is 0 Å². The predicted molar refractivity (Wildman–Crippen MR) is 105 cm³/mol. The minimum Gasteiger partial charge on any atom is -0.495 e. The maximum atomic E-state index is 12.8. The number of para-hydroxylation sites is 1. The number of H-pyrrole nitrogens is 1. The van der Waals surface area contributed by atoms with E-state index in [9.17, 15) is 8.42 Å². The molecule has 2 N–H and O–H groups in total. The highest BCUT2D eigenvalue weighted by molar-refractivity contribution is 7.89. The molecule has 0 bridgehead atoms. The van der Waals surface area contributed by atoms with Crippen molar-refractivity contribution in [2.75, 3.05) is 13.7 Å². The van der Waals surface area contributed by atoms with Crippen molar-refractivity contribution in [3.63, 3.8) is 0 Å². The number of ether oxygens (including phenoxy) is 1. The molecule has 0 saturated heterocycles. The van der Waals surface area contributed by atoms with Crippen LogP contribution in [0, 0.1) is 0 Å². The zero-order valence-electron chi connectivity index (χ0n) is 14.8. The Kier molecular flexibility index (Phi) is 5.01. The van der Waals surface area contributed by atoms with E-state index in [-0.39, 0.29) is 17.2 Å². The Morgan fingerprint density at radius 3 is 2.65 bits per heavy atom. The molecule has 0 saturated carbocycles. The normalized spacial score (nSPS) is 12.5. The highest BCUT2D eigenvalue weighted by Crippen LogP contribution is 2.31. The van der Waals surface area contributed by atoms with Gasteiger partial charge in [-0.2, -0.15) is 0 Å². The summed E-state index contributed by atoms with van der Waals surface area (Å²) in [6.45, 7) is 4.23. The lowest BCUT2D eigenvalue weighted by Crippen LogP contribution is -2.36. The number of aromatic amines is 1. The number of fused-ring (bicyclic) bond motifs is 1. The zero-order valence-corrected chi connectivity index (χ0v) is 16.4. The van der Waals surface area contributed by atoms with Gasteiger partial charge >= 0.3 is 0 Å². The average Bonchev–Trinajstić information content (AvgIpc) is 3.05. The summed E-state index contributed by atoms with van der Waals surface area (Å²) in [6, 6.07) is 12.5.